The number of rotatable bonds is 7. The van der Waals surface area contributed by atoms with Crippen LogP contribution in [0.4, 0.5) is 5.69 Å². The first kappa shape index (κ1) is 24.3. The number of anilines is 1. The van der Waals surface area contributed by atoms with Gasteiger partial charge in [-0.2, -0.15) is 4.98 Å². The fraction of sp³-hybridized carbons (Fsp3) is 0.333. The number of hydrogen-bond donors (Lipinski definition) is 2. The minimum absolute atomic E-state index is 0.246. The second kappa shape index (κ2) is 10.6. The predicted octanol–water partition coefficient (Wildman–Crippen LogP) is 5.83. The quantitative estimate of drug-likeness (QED) is 0.217. The molecule has 1 atom stereocenters. The number of aromatic nitrogens is 3. The number of carbonyl (C=O) groups is 1. The number of carbonyl (C=O) groups excluding carboxylic acids is 1. The highest BCUT2D eigenvalue weighted by Gasteiger charge is 2.35. The van der Waals surface area contributed by atoms with Gasteiger partial charge in [-0.05, 0) is 40.5 Å². The summed E-state index contributed by atoms with van der Waals surface area (Å²) in [6, 6.07) is 10.3. The minimum atomic E-state index is -0.957. The van der Waals surface area contributed by atoms with Crippen LogP contribution in [-0.4, -0.2) is 37.1 Å². The van der Waals surface area contributed by atoms with Gasteiger partial charge in [0.1, 0.15) is 0 Å². The molecule has 0 fully saturated rings. The van der Waals surface area contributed by atoms with Crippen LogP contribution in [0.3, 0.4) is 0 Å². The number of para-hydroxylation sites is 1. The first-order chi connectivity index (χ1) is 16.4. The number of amides is 1. The molecule has 0 aliphatic carbocycles. The van der Waals surface area contributed by atoms with Gasteiger partial charge in [-0.3, -0.25) is 9.69 Å². The van der Waals surface area contributed by atoms with Gasteiger partial charge in [0.25, 0.3) is 0 Å². The molecule has 0 unspecified atom stereocenters. The van der Waals surface area contributed by atoms with Gasteiger partial charge in [-0.1, -0.05) is 56.1 Å². The number of unbranched alkanes of at least 4 members (excludes halogenated alkanes) is 3. The van der Waals surface area contributed by atoms with E-state index in [-0.39, 0.29) is 27.8 Å². The normalized spacial score (nSPS) is 14.7. The number of phenolic OH excluding ortho intramolecular Hbond substituents is 2. The standard InChI is InChI=1S/C24H25BrN4O4S/c1-3-4-5-8-11-34-24-26-22-20(27-28-24)16-9-6-7-10-18(16)29(14(2)30)23(33-22)15-12-17(25)21(32)19(31)13-15/h6-7,9-10,12-13,23,31-32H,3-5,8,11H2,1-2H3/t23-/m1/s1. The van der Waals surface area contributed by atoms with E-state index in [2.05, 4.69) is 38.0 Å². The zero-order chi connectivity index (χ0) is 24.2. The van der Waals surface area contributed by atoms with Crippen LogP contribution in [0.2, 0.25) is 0 Å². The Morgan fingerprint density at radius 3 is 2.71 bits per heavy atom. The van der Waals surface area contributed by atoms with E-state index in [0.29, 0.717) is 27.7 Å². The van der Waals surface area contributed by atoms with Crippen molar-refractivity contribution in [2.45, 2.75) is 50.9 Å². The number of halogens is 1. The van der Waals surface area contributed by atoms with E-state index in [1.54, 1.807) is 12.1 Å². The lowest BCUT2D eigenvalue weighted by Crippen LogP contribution is -2.36. The third kappa shape index (κ3) is 4.97. The van der Waals surface area contributed by atoms with Crippen LogP contribution in [0.25, 0.3) is 11.3 Å². The number of fused-ring (bicyclic) bond motifs is 3. The first-order valence-corrected chi connectivity index (χ1v) is 12.8. The Labute approximate surface area is 210 Å². The Morgan fingerprint density at radius 1 is 1.18 bits per heavy atom. The fourth-order valence-electron chi connectivity index (χ4n) is 3.77. The molecule has 4 rings (SSSR count). The molecule has 10 heteroatoms. The number of benzene rings is 2. The van der Waals surface area contributed by atoms with Crippen LogP contribution in [0.5, 0.6) is 17.4 Å². The maximum Gasteiger partial charge on any atom is 0.247 e. The average Bonchev–Trinajstić information content (AvgIpc) is 2.96. The second-order valence-electron chi connectivity index (χ2n) is 7.90. The van der Waals surface area contributed by atoms with Crippen molar-refractivity contribution in [3.05, 3.63) is 46.4 Å². The van der Waals surface area contributed by atoms with Gasteiger partial charge in [0.15, 0.2) is 17.2 Å². The largest absolute Gasteiger partial charge is 0.504 e. The zero-order valence-corrected chi connectivity index (χ0v) is 21.3. The number of aromatic hydroxyl groups is 2. The van der Waals surface area contributed by atoms with Crippen molar-refractivity contribution in [1.82, 2.24) is 15.2 Å². The van der Waals surface area contributed by atoms with E-state index < -0.39 is 6.23 Å². The van der Waals surface area contributed by atoms with Crippen LogP contribution in [0.15, 0.2) is 46.0 Å². The molecule has 178 valence electrons. The highest BCUT2D eigenvalue weighted by atomic mass is 79.9. The Morgan fingerprint density at radius 2 is 1.97 bits per heavy atom. The summed E-state index contributed by atoms with van der Waals surface area (Å²) in [7, 11) is 0. The van der Waals surface area contributed by atoms with Crippen LogP contribution >= 0.6 is 27.7 Å². The lowest BCUT2D eigenvalue weighted by Gasteiger charge is -2.30. The monoisotopic (exact) mass is 544 g/mol. The molecule has 0 spiro atoms. The number of phenols is 2. The van der Waals surface area contributed by atoms with E-state index in [1.807, 2.05) is 18.2 Å². The zero-order valence-electron chi connectivity index (χ0n) is 18.9. The summed E-state index contributed by atoms with van der Waals surface area (Å²) in [5.74, 6) is 0.221. The Balaban J connectivity index is 1.78. The van der Waals surface area contributed by atoms with Gasteiger partial charge in [0, 0.05) is 23.8 Å². The van der Waals surface area contributed by atoms with Gasteiger partial charge >= 0.3 is 0 Å². The van der Waals surface area contributed by atoms with Gasteiger partial charge in [0.05, 0.1) is 10.2 Å². The molecule has 1 aromatic heterocycles. The van der Waals surface area contributed by atoms with Crippen molar-refractivity contribution in [2.75, 3.05) is 10.7 Å². The molecule has 1 amide bonds. The van der Waals surface area contributed by atoms with E-state index >= 15 is 0 Å². The molecule has 2 aromatic carbocycles. The summed E-state index contributed by atoms with van der Waals surface area (Å²) in [5, 5.41) is 29.4. The van der Waals surface area contributed by atoms with E-state index in [9.17, 15) is 15.0 Å². The molecule has 2 heterocycles. The van der Waals surface area contributed by atoms with Crippen molar-refractivity contribution in [3.63, 3.8) is 0 Å². The maximum absolute atomic E-state index is 12.8. The van der Waals surface area contributed by atoms with Crippen molar-refractivity contribution < 1.29 is 19.7 Å². The van der Waals surface area contributed by atoms with Gasteiger partial charge < -0.3 is 14.9 Å². The predicted molar refractivity (Wildman–Crippen MR) is 134 cm³/mol. The van der Waals surface area contributed by atoms with Crippen LogP contribution in [0, 0.1) is 0 Å². The molecular weight excluding hydrogens is 520 g/mol. The maximum atomic E-state index is 12.8. The summed E-state index contributed by atoms with van der Waals surface area (Å²) in [6.07, 6.45) is 3.62. The number of nitrogens with zero attached hydrogens (tertiary/aromatic N) is 4. The molecule has 34 heavy (non-hydrogen) atoms. The molecule has 1 aliphatic rings. The Bertz CT molecular complexity index is 1190. The molecular formula is C24H25BrN4O4S. The summed E-state index contributed by atoms with van der Waals surface area (Å²) < 4.78 is 6.57. The van der Waals surface area contributed by atoms with Gasteiger partial charge in [-0.25, -0.2) is 0 Å². The lowest BCUT2D eigenvalue weighted by atomic mass is 10.1. The van der Waals surface area contributed by atoms with E-state index in [4.69, 9.17) is 4.74 Å². The van der Waals surface area contributed by atoms with E-state index in [1.165, 1.54) is 42.5 Å². The average molecular weight is 545 g/mol. The third-order valence-corrected chi connectivity index (χ3v) is 6.96. The number of hydrogen-bond acceptors (Lipinski definition) is 8. The molecule has 0 saturated carbocycles. The second-order valence-corrected chi connectivity index (χ2v) is 9.82. The van der Waals surface area contributed by atoms with Crippen molar-refractivity contribution in [1.29, 1.82) is 0 Å². The molecule has 8 nitrogen and oxygen atoms in total. The summed E-state index contributed by atoms with van der Waals surface area (Å²) in [4.78, 5) is 19.0. The summed E-state index contributed by atoms with van der Waals surface area (Å²) >= 11 is 4.77. The summed E-state index contributed by atoms with van der Waals surface area (Å²) in [5.41, 5.74) is 2.13. The van der Waals surface area contributed by atoms with Crippen LogP contribution in [0.1, 0.15) is 51.3 Å². The number of ether oxygens (including phenoxy) is 1. The van der Waals surface area contributed by atoms with Gasteiger partial charge in [0.2, 0.25) is 23.2 Å². The summed E-state index contributed by atoms with van der Waals surface area (Å²) in [6.45, 7) is 3.62. The molecule has 2 N–H and O–H groups in total. The minimum Gasteiger partial charge on any atom is -0.504 e. The van der Waals surface area contributed by atoms with Crippen molar-refractivity contribution in [3.8, 4) is 28.6 Å². The van der Waals surface area contributed by atoms with E-state index in [0.717, 1.165) is 18.6 Å². The third-order valence-electron chi connectivity index (χ3n) is 5.43. The molecule has 0 saturated heterocycles. The molecule has 0 radical (unpaired) electrons. The molecule has 3 aromatic rings. The first-order valence-electron chi connectivity index (χ1n) is 11.1. The molecule has 0 bridgehead atoms. The molecule has 1 aliphatic heterocycles. The SMILES string of the molecule is CCCCCCSc1nnc2c(n1)O[C@H](c1cc(O)c(O)c(Br)c1)N(C(C)=O)c1ccccc1-2. The van der Waals surface area contributed by atoms with Crippen molar-refractivity contribution >= 4 is 39.3 Å². The highest BCUT2D eigenvalue weighted by molar-refractivity contribution is 9.10. The smallest absolute Gasteiger partial charge is 0.247 e. The van der Waals surface area contributed by atoms with Crippen LogP contribution < -0.4 is 9.64 Å². The van der Waals surface area contributed by atoms with Crippen LogP contribution in [-0.2, 0) is 4.79 Å². The Kier molecular flexibility index (Phi) is 7.57. The fourth-order valence-corrected chi connectivity index (χ4v) is 5.01. The Hall–Kier alpha value is -2.85. The van der Waals surface area contributed by atoms with Crippen molar-refractivity contribution in [2.24, 2.45) is 0 Å². The lowest BCUT2D eigenvalue weighted by molar-refractivity contribution is -0.118. The number of thioether (sulfide) groups is 1. The highest BCUT2D eigenvalue weighted by Crippen LogP contribution is 2.45. The topological polar surface area (TPSA) is 109 Å². The van der Waals surface area contributed by atoms with Gasteiger partial charge in [-0.15, -0.1) is 10.2 Å².